The number of hydrogen-bond acceptors (Lipinski definition) is 4. The summed E-state index contributed by atoms with van der Waals surface area (Å²) in [5.41, 5.74) is 1.60. The van der Waals surface area contributed by atoms with Crippen LogP contribution in [-0.2, 0) is 14.3 Å². The third kappa shape index (κ3) is 5.17. The molecule has 2 aromatic carbocycles. The fraction of sp³-hybridized carbons (Fsp3) is 0.211. The highest BCUT2D eigenvalue weighted by Gasteiger charge is 2.15. The quantitative estimate of drug-likeness (QED) is 0.821. The molecule has 6 nitrogen and oxygen atoms in total. The topological polar surface area (TPSA) is 75.7 Å². The van der Waals surface area contributed by atoms with Crippen molar-refractivity contribution in [1.82, 2.24) is 0 Å². The van der Waals surface area contributed by atoms with E-state index in [1.165, 1.54) is 11.8 Å². The zero-order valence-electron chi connectivity index (χ0n) is 14.2. The monoisotopic (exact) mass is 340 g/mol. The van der Waals surface area contributed by atoms with Crippen molar-refractivity contribution in [3.8, 4) is 0 Å². The van der Waals surface area contributed by atoms with E-state index in [1.807, 2.05) is 6.07 Å². The van der Waals surface area contributed by atoms with Crippen LogP contribution in [-0.4, -0.2) is 30.9 Å². The smallest absolute Gasteiger partial charge is 0.338 e. The van der Waals surface area contributed by atoms with Gasteiger partial charge in [-0.05, 0) is 43.3 Å². The molecule has 2 aromatic rings. The maximum Gasteiger partial charge on any atom is 0.338 e. The molecule has 130 valence electrons. The molecular formula is C19H20N2O4. The molecule has 6 heteroatoms. The maximum atomic E-state index is 12.2. The third-order valence-corrected chi connectivity index (χ3v) is 3.43. The second-order valence-corrected chi connectivity index (χ2v) is 5.29. The molecule has 0 aliphatic rings. The van der Waals surface area contributed by atoms with Crippen molar-refractivity contribution in [1.29, 1.82) is 0 Å². The van der Waals surface area contributed by atoms with Crippen LogP contribution in [0.5, 0.6) is 0 Å². The van der Waals surface area contributed by atoms with Gasteiger partial charge in [-0.1, -0.05) is 18.2 Å². The van der Waals surface area contributed by atoms with Crippen molar-refractivity contribution in [2.45, 2.75) is 13.8 Å². The number of amides is 2. The first kappa shape index (κ1) is 18.2. The Morgan fingerprint density at radius 3 is 2.20 bits per heavy atom. The minimum atomic E-state index is -0.410. The second-order valence-electron chi connectivity index (χ2n) is 5.29. The first-order chi connectivity index (χ1) is 12.0. The molecular weight excluding hydrogens is 320 g/mol. The zero-order chi connectivity index (χ0) is 18.2. The van der Waals surface area contributed by atoms with Gasteiger partial charge in [0, 0.05) is 18.3 Å². The molecule has 0 aliphatic heterocycles. The summed E-state index contributed by atoms with van der Waals surface area (Å²) in [7, 11) is 0. The lowest BCUT2D eigenvalue weighted by atomic mass is 10.2. The number of carbonyl (C=O) groups excluding carboxylic acids is 3. The van der Waals surface area contributed by atoms with Gasteiger partial charge in [-0.15, -0.1) is 0 Å². The summed E-state index contributed by atoms with van der Waals surface area (Å²) in [4.78, 5) is 37.0. The lowest BCUT2D eigenvalue weighted by Gasteiger charge is -2.20. The average Bonchev–Trinajstić information content (AvgIpc) is 2.61. The highest BCUT2D eigenvalue weighted by molar-refractivity contribution is 6.02. The molecule has 1 N–H and O–H groups in total. The van der Waals surface area contributed by atoms with E-state index < -0.39 is 5.97 Å². The van der Waals surface area contributed by atoms with Crippen LogP contribution in [0.4, 0.5) is 11.4 Å². The Bertz CT molecular complexity index is 742. The highest BCUT2D eigenvalue weighted by Crippen LogP contribution is 2.14. The highest BCUT2D eigenvalue weighted by atomic mass is 16.5. The number of nitrogens with one attached hydrogen (secondary N) is 1. The number of nitrogens with zero attached hydrogens (tertiary/aromatic N) is 1. The number of esters is 1. The van der Waals surface area contributed by atoms with E-state index in [1.54, 1.807) is 55.5 Å². The Morgan fingerprint density at radius 1 is 1.00 bits per heavy atom. The number of rotatable bonds is 6. The number of para-hydroxylation sites is 1. The molecule has 0 atom stereocenters. The molecule has 0 saturated heterocycles. The summed E-state index contributed by atoms with van der Waals surface area (Å²) in [6.45, 7) is 3.35. The van der Waals surface area contributed by atoms with Gasteiger partial charge in [0.25, 0.3) is 0 Å². The molecule has 0 saturated carbocycles. The summed E-state index contributed by atoms with van der Waals surface area (Å²) in [6, 6.07) is 15.4. The van der Waals surface area contributed by atoms with Crippen LogP contribution < -0.4 is 10.2 Å². The van der Waals surface area contributed by atoms with Crippen LogP contribution in [0.25, 0.3) is 0 Å². The van der Waals surface area contributed by atoms with Crippen molar-refractivity contribution in [3.63, 3.8) is 0 Å². The van der Waals surface area contributed by atoms with Crippen LogP contribution in [0.2, 0.25) is 0 Å². The molecule has 2 amide bonds. The van der Waals surface area contributed by atoms with Gasteiger partial charge in [0.05, 0.1) is 12.2 Å². The summed E-state index contributed by atoms with van der Waals surface area (Å²) >= 11 is 0. The fourth-order valence-electron chi connectivity index (χ4n) is 2.24. The maximum absolute atomic E-state index is 12.2. The predicted octanol–water partition coefficient (Wildman–Crippen LogP) is 2.85. The fourth-order valence-corrected chi connectivity index (χ4v) is 2.24. The molecule has 0 bridgehead atoms. The van der Waals surface area contributed by atoms with E-state index in [9.17, 15) is 14.4 Å². The predicted molar refractivity (Wildman–Crippen MR) is 95.5 cm³/mol. The molecule has 0 spiro atoms. The van der Waals surface area contributed by atoms with Crippen LogP contribution >= 0.6 is 0 Å². The first-order valence-electron chi connectivity index (χ1n) is 7.91. The van der Waals surface area contributed by atoms with Crippen molar-refractivity contribution < 1.29 is 19.1 Å². The Labute approximate surface area is 146 Å². The summed E-state index contributed by atoms with van der Waals surface area (Å²) in [5.74, 6) is -0.964. The van der Waals surface area contributed by atoms with E-state index in [0.29, 0.717) is 23.5 Å². The van der Waals surface area contributed by atoms with Gasteiger partial charge in [0.2, 0.25) is 11.8 Å². The van der Waals surface area contributed by atoms with Crippen molar-refractivity contribution in [2.24, 2.45) is 0 Å². The van der Waals surface area contributed by atoms with Crippen molar-refractivity contribution >= 4 is 29.2 Å². The second kappa shape index (κ2) is 8.63. The first-order valence-corrected chi connectivity index (χ1v) is 7.91. The van der Waals surface area contributed by atoms with Gasteiger partial charge in [0.15, 0.2) is 0 Å². The number of benzene rings is 2. The lowest BCUT2D eigenvalue weighted by molar-refractivity contribution is -0.120. The molecule has 0 unspecified atom stereocenters. The summed E-state index contributed by atoms with van der Waals surface area (Å²) in [6.07, 6.45) is 0. The Morgan fingerprint density at radius 2 is 1.64 bits per heavy atom. The minimum absolute atomic E-state index is 0.0982. The number of anilines is 2. The van der Waals surface area contributed by atoms with E-state index in [4.69, 9.17) is 4.74 Å². The van der Waals surface area contributed by atoms with Crippen LogP contribution in [0.1, 0.15) is 24.2 Å². The SMILES string of the molecule is CCOC(=O)c1ccc(NC(=O)CN(C(C)=O)c2ccccc2)cc1. The molecule has 0 aromatic heterocycles. The van der Waals surface area contributed by atoms with E-state index >= 15 is 0 Å². The molecule has 2 rings (SSSR count). The lowest BCUT2D eigenvalue weighted by Crippen LogP contribution is -2.36. The van der Waals surface area contributed by atoms with Gasteiger partial charge in [-0.2, -0.15) is 0 Å². The van der Waals surface area contributed by atoms with E-state index in [0.717, 1.165) is 0 Å². The molecule has 0 radical (unpaired) electrons. The van der Waals surface area contributed by atoms with Gasteiger partial charge >= 0.3 is 5.97 Å². The summed E-state index contributed by atoms with van der Waals surface area (Å²) in [5, 5.41) is 2.71. The van der Waals surface area contributed by atoms with E-state index in [2.05, 4.69) is 5.32 Å². The number of hydrogen-bond donors (Lipinski definition) is 1. The number of ether oxygens (including phenoxy) is 1. The Kier molecular flexibility index (Phi) is 6.28. The average molecular weight is 340 g/mol. The van der Waals surface area contributed by atoms with Crippen LogP contribution in [0.3, 0.4) is 0 Å². The third-order valence-electron chi connectivity index (χ3n) is 3.43. The standard InChI is InChI=1S/C19H20N2O4/c1-3-25-19(24)15-9-11-16(12-10-15)20-18(23)13-21(14(2)22)17-7-5-4-6-8-17/h4-12H,3,13H2,1-2H3,(H,20,23). The normalized spacial score (nSPS) is 10.0. The molecule has 0 aliphatic carbocycles. The minimum Gasteiger partial charge on any atom is -0.462 e. The van der Waals surface area contributed by atoms with Crippen LogP contribution in [0, 0.1) is 0 Å². The van der Waals surface area contributed by atoms with Gasteiger partial charge in [-0.25, -0.2) is 4.79 Å². The molecule has 0 fully saturated rings. The van der Waals surface area contributed by atoms with E-state index in [-0.39, 0.29) is 18.4 Å². The van der Waals surface area contributed by atoms with Crippen molar-refractivity contribution in [3.05, 3.63) is 60.2 Å². The Hall–Kier alpha value is -3.15. The summed E-state index contributed by atoms with van der Waals surface area (Å²) < 4.78 is 4.91. The zero-order valence-corrected chi connectivity index (χ0v) is 14.2. The molecule has 0 heterocycles. The van der Waals surface area contributed by atoms with Crippen molar-refractivity contribution in [2.75, 3.05) is 23.4 Å². The van der Waals surface area contributed by atoms with Gasteiger partial charge < -0.3 is 15.0 Å². The number of carbonyl (C=O) groups is 3. The Balaban J connectivity index is 2.01. The molecule has 25 heavy (non-hydrogen) atoms. The van der Waals surface area contributed by atoms with Crippen LogP contribution in [0.15, 0.2) is 54.6 Å². The van der Waals surface area contributed by atoms with Gasteiger partial charge in [0.1, 0.15) is 6.54 Å². The largest absolute Gasteiger partial charge is 0.462 e. The van der Waals surface area contributed by atoms with Gasteiger partial charge in [-0.3, -0.25) is 9.59 Å².